The molecule has 0 radical (unpaired) electrons. The molecule has 0 saturated carbocycles. The van der Waals surface area contributed by atoms with E-state index in [9.17, 15) is 13.2 Å². The summed E-state index contributed by atoms with van der Waals surface area (Å²) >= 11 is 6.09. The topological polar surface area (TPSA) is 57.7 Å². The highest BCUT2D eigenvalue weighted by atomic mass is 35.5. The number of likely N-dealkylation sites (tertiary alicyclic amines) is 1. The molecule has 5 nitrogen and oxygen atoms in total. The van der Waals surface area contributed by atoms with Gasteiger partial charge >= 0.3 is 0 Å². The smallest absolute Gasteiger partial charge is 0.243 e. The van der Waals surface area contributed by atoms with Crippen molar-refractivity contribution in [2.24, 2.45) is 5.92 Å². The Kier molecular flexibility index (Phi) is 5.57. The van der Waals surface area contributed by atoms with Crippen LogP contribution in [-0.4, -0.2) is 45.1 Å². The lowest BCUT2D eigenvalue weighted by Gasteiger charge is -2.32. The van der Waals surface area contributed by atoms with Gasteiger partial charge in [0.25, 0.3) is 0 Å². The van der Waals surface area contributed by atoms with Crippen LogP contribution in [0.2, 0.25) is 5.02 Å². The predicted octanol–water partition coefficient (Wildman–Crippen LogP) is 2.67. The molecule has 128 valence electrons. The highest BCUT2D eigenvalue weighted by molar-refractivity contribution is 7.92. The van der Waals surface area contributed by atoms with Crippen molar-refractivity contribution in [3.63, 3.8) is 0 Å². The Morgan fingerprint density at radius 3 is 2.48 bits per heavy atom. The van der Waals surface area contributed by atoms with E-state index in [-0.39, 0.29) is 12.5 Å². The van der Waals surface area contributed by atoms with Crippen LogP contribution < -0.4 is 4.31 Å². The molecule has 0 unspecified atom stereocenters. The zero-order chi connectivity index (χ0) is 17.2. The number of sulfonamides is 1. The first-order chi connectivity index (χ1) is 10.7. The first-order valence-corrected chi connectivity index (χ1v) is 9.92. The molecule has 1 fully saturated rings. The lowest BCUT2D eigenvalue weighted by molar-refractivity contribution is -0.130. The molecule has 0 bridgehead atoms. The van der Waals surface area contributed by atoms with Gasteiger partial charge in [0.2, 0.25) is 15.9 Å². The van der Waals surface area contributed by atoms with Gasteiger partial charge in [-0.2, -0.15) is 0 Å². The van der Waals surface area contributed by atoms with Crippen LogP contribution in [0.4, 0.5) is 5.69 Å². The van der Waals surface area contributed by atoms with Crippen LogP contribution in [0.1, 0.15) is 25.3 Å². The highest BCUT2D eigenvalue weighted by Crippen LogP contribution is 2.25. The molecular weight excluding hydrogens is 336 g/mol. The highest BCUT2D eigenvalue weighted by Gasteiger charge is 2.26. The quantitative estimate of drug-likeness (QED) is 0.831. The molecule has 2 rings (SSSR count). The third-order valence-corrected chi connectivity index (χ3v) is 5.81. The van der Waals surface area contributed by atoms with Crippen LogP contribution in [0.25, 0.3) is 0 Å². The fraction of sp³-hybridized carbons (Fsp3) is 0.562. The summed E-state index contributed by atoms with van der Waals surface area (Å²) in [6.45, 7) is 5.20. The second-order valence-electron chi connectivity index (χ2n) is 6.27. The Hall–Kier alpha value is -1.27. The van der Waals surface area contributed by atoms with Gasteiger partial charge in [0, 0.05) is 18.1 Å². The third kappa shape index (κ3) is 4.61. The number of carbonyl (C=O) groups is 1. The maximum Gasteiger partial charge on any atom is 0.243 e. The second-order valence-corrected chi connectivity index (χ2v) is 8.58. The third-order valence-electron chi connectivity index (χ3n) is 4.26. The van der Waals surface area contributed by atoms with Gasteiger partial charge in [-0.25, -0.2) is 8.42 Å². The van der Waals surface area contributed by atoms with Crippen LogP contribution >= 0.6 is 11.6 Å². The number of aryl methyl sites for hydroxylation is 1. The normalized spacial score (nSPS) is 16.4. The van der Waals surface area contributed by atoms with E-state index in [1.54, 1.807) is 23.1 Å². The number of rotatable bonds is 4. The summed E-state index contributed by atoms with van der Waals surface area (Å²) in [5.41, 5.74) is 1.28. The number of amides is 1. The summed E-state index contributed by atoms with van der Waals surface area (Å²) < 4.78 is 25.3. The predicted molar refractivity (Wildman–Crippen MR) is 93.4 cm³/mol. The number of halogens is 1. The minimum absolute atomic E-state index is 0.168. The lowest BCUT2D eigenvalue weighted by atomic mass is 9.99. The van der Waals surface area contributed by atoms with Crippen LogP contribution in [0.5, 0.6) is 0 Å². The number of nitrogens with zero attached hydrogens (tertiary/aromatic N) is 2. The Balaban J connectivity index is 2.19. The Bertz CT molecular complexity index is 683. The van der Waals surface area contributed by atoms with Crippen molar-refractivity contribution in [3.05, 3.63) is 28.8 Å². The number of piperidine rings is 1. The molecule has 0 N–H and O–H groups in total. The maximum absolute atomic E-state index is 12.5. The van der Waals surface area contributed by atoms with E-state index in [0.717, 1.165) is 29.0 Å². The van der Waals surface area contributed by atoms with Crippen molar-refractivity contribution in [2.75, 3.05) is 30.2 Å². The van der Waals surface area contributed by atoms with Crippen molar-refractivity contribution < 1.29 is 13.2 Å². The fourth-order valence-electron chi connectivity index (χ4n) is 2.62. The number of hydrogen-bond donors (Lipinski definition) is 0. The van der Waals surface area contributed by atoms with E-state index < -0.39 is 10.0 Å². The van der Waals surface area contributed by atoms with Crippen LogP contribution in [0.15, 0.2) is 18.2 Å². The van der Waals surface area contributed by atoms with Gasteiger partial charge in [-0.15, -0.1) is 0 Å². The van der Waals surface area contributed by atoms with Crippen LogP contribution in [0.3, 0.4) is 0 Å². The van der Waals surface area contributed by atoms with Crippen molar-refractivity contribution in [1.82, 2.24) is 4.90 Å². The molecule has 0 spiro atoms. The molecule has 1 heterocycles. The van der Waals surface area contributed by atoms with Crippen molar-refractivity contribution >= 4 is 33.2 Å². The molecule has 7 heteroatoms. The first-order valence-electron chi connectivity index (χ1n) is 7.70. The standard InChI is InChI=1S/C16H23ClN2O3S/c1-12-6-8-18(9-7-12)16(20)11-19(23(3,21)22)14-5-4-13(2)15(17)10-14/h4-5,10,12H,6-9,11H2,1-3H3. The van der Waals surface area contributed by atoms with E-state index in [2.05, 4.69) is 6.92 Å². The fourth-order valence-corrected chi connectivity index (χ4v) is 3.63. The van der Waals surface area contributed by atoms with Gasteiger partial charge in [0.1, 0.15) is 6.54 Å². The van der Waals surface area contributed by atoms with Crippen molar-refractivity contribution in [3.8, 4) is 0 Å². The minimum Gasteiger partial charge on any atom is -0.341 e. The molecule has 0 aromatic heterocycles. The van der Waals surface area contributed by atoms with Gasteiger partial charge in [0.15, 0.2) is 0 Å². The molecule has 1 amide bonds. The van der Waals surface area contributed by atoms with Gasteiger partial charge in [0.05, 0.1) is 11.9 Å². The summed E-state index contributed by atoms with van der Waals surface area (Å²) in [7, 11) is -3.56. The molecule has 0 aliphatic carbocycles. The number of hydrogen-bond acceptors (Lipinski definition) is 3. The molecule has 0 atom stereocenters. The summed E-state index contributed by atoms with van der Waals surface area (Å²) in [5, 5.41) is 0.482. The van der Waals surface area contributed by atoms with Gasteiger partial charge in [-0.05, 0) is 43.4 Å². The van der Waals surface area contributed by atoms with Gasteiger partial charge in [-0.1, -0.05) is 24.6 Å². The summed E-state index contributed by atoms with van der Waals surface area (Å²) in [5.74, 6) is 0.444. The molecule has 1 aromatic rings. The van der Waals surface area contributed by atoms with E-state index in [1.165, 1.54) is 0 Å². The van der Waals surface area contributed by atoms with Gasteiger partial charge in [-0.3, -0.25) is 9.10 Å². The summed E-state index contributed by atoms with van der Waals surface area (Å²) in [6.07, 6.45) is 3.02. The molecule has 1 aliphatic rings. The van der Waals surface area contributed by atoms with Gasteiger partial charge < -0.3 is 4.90 Å². The summed E-state index contributed by atoms with van der Waals surface area (Å²) in [4.78, 5) is 14.2. The van der Waals surface area contributed by atoms with E-state index >= 15 is 0 Å². The Labute approximate surface area is 143 Å². The Morgan fingerprint density at radius 2 is 1.96 bits per heavy atom. The average Bonchev–Trinajstić information content (AvgIpc) is 2.47. The first kappa shape index (κ1) is 18.1. The van der Waals surface area contributed by atoms with Crippen LogP contribution in [-0.2, 0) is 14.8 Å². The van der Waals surface area contributed by atoms with E-state index in [4.69, 9.17) is 11.6 Å². The van der Waals surface area contributed by atoms with Crippen molar-refractivity contribution in [2.45, 2.75) is 26.7 Å². The maximum atomic E-state index is 12.5. The monoisotopic (exact) mass is 358 g/mol. The number of benzene rings is 1. The van der Waals surface area contributed by atoms with E-state index in [0.29, 0.717) is 29.7 Å². The molecule has 1 aromatic carbocycles. The SMILES string of the molecule is Cc1ccc(N(CC(=O)N2CCC(C)CC2)S(C)(=O)=O)cc1Cl. The average molecular weight is 359 g/mol. The molecule has 1 aliphatic heterocycles. The van der Waals surface area contributed by atoms with E-state index in [1.807, 2.05) is 6.92 Å². The molecular formula is C16H23ClN2O3S. The van der Waals surface area contributed by atoms with Crippen molar-refractivity contribution in [1.29, 1.82) is 0 Å². The summed E-state index contributed by atoms with van der Waals surface area (Å²) in [6, 6.07) is 5.01. The Morgan fingerprint density at radius 1 is 1.35 bits per heavy atom. The zero-order valence-electron chi connectivity index (χ0n) is 13.8. The largest absolute Gasteiger partial charge is 0.341 e. The van der Waals surface area contributed by atoms with Crippen LogP contribution in [0, 0.1) is 12.8 Å². The second kappa shape index (κ2) is 7.09. The zero-order valence-corrected chi connectivity index (χ0v) is 15.3. The number of anilines is 1. The minimum atomic E-state index is -3.56. The molecule has 1 saturated heterocycles. The number of carbonyl (C=O) groups excluding carboxylic acids is 1. The lowest BCUT2D eigenvalue weighted by Crippen LogP contribution is -2.45. The molecule has 23 heavy (non-hydrogen) atoms.